The second-order valence-electron chi connectivity index (χ2n) is 7.56. The van der Waals surface area contributed by atoms with E-state index in [1.807, 2.05) is 42.5 Å². The predicted octanol–water partition coefficient (Wildman–Crippen LogP) is 3.90. The fourth-order valence-electron chi connectivity index (χ4n) is 3.76. The zero-order chi connectivity index (χ0) is 23.9. The van der Waals surface area contributed by atoms with Gasteiger partial charge in [0.25, 0.3) is 0 Å². The lowest BCUT2D eigenvalue weighted by molar-refractivity contribution is -0.139. The summed E-state index contributed by atoms with van der Waals surface area (Å²) in [6.07, 6.45) is 2.00. The molecule has 2 N–H and O–H groups in total. The molecule has 0 saturated carbocycles. The number of rotatable bonds is 8. The number of carbonyl (C=O) groups excluding carboxylic acids is 3. The Labute approximate surface area is 196 Å². The first kappa shape index (κ1) is 22.8. The van der Waals surface area contributed by atoms with Crippen molar-refractivity contribution >= 4 is 18.0 Å². The first-order chi connectivity index (χ1) is 16.6. The van der Waals surface area contributed by atoms with Crippen LogP contribution in [0.2, 0.25) is 0 Å². The molecule has 0 bridgehead atoms. The molecular weight excluding hydrogens is 436 g/mol. The maximum Gasteiger partial charge on any atom is 0.338 e. The van der Waals surface area contributed by atoms with Crippen molar-refractivity contribution in [1.29, 1.82) is 0 Å². The van der Waals surface area contributed by atoms with Gasteiger partial charge in [-0.15, -0.1) is 0 Å². The molecule has 174 valence electrons. The summed E-state index contributed by atoms with van der Waals surface area (Å²) in [5, 5.41) is 5.22. The molecule has 0 saturated heterocycles. The fraction of sp³-hybridized carbons (Fsp3) is 0.192. The Balaban J connectivity index is 1.58. The Bertz CT molecular complexity index is 1200. The lowest BCUT2D eigenvalue weighted by Gasteiger charge is -2.27. The van der Waals surface area contributed by atoms with Crippen molar-refractivity contribution in [2.75, 3.05) is 13.2 Å². The van der Waals surface area contributed by atoms with Crippen LogP contribution >= 0.6 is 0 Å². The van der Waals surface area contributed by atoms with E-state index in [9.17, 15) is 14.4 Å². The van der Waals surface area contributed by atoms with Gasteiger partial charge in [0.2, 0.25) is 0 Å². The maximum atomic E-state index is 13.0. The number of furan rings is 1. The molecule has 2 amide bonds. The summed E-state index contributed by atoms with van der Waals surface area (Å²) >= 11 is 0. The Hall–Kier alpha value is -4.33. The van der Waals surface area contributed by atoms with E-state index in [2.05, 4.69) is 10.6 Å². The van der Waals surface area contributed by atoms with Gasteiger partial charge in [0.05, 0.1) is 29.7 Å². The van der Waals surface area contributed by atoms with E-state index in [-0.39, 0.29) is 24.5 Å². The van der Waals surface area contributed by atoms with Crippen molar-refractivity contribution in [1.82, 2.24) is 10.6 Å². The highest BCUT2D eigenvalue weighted by molar-refractivity contribution is 5.95. The van der Waals surface area contributed by atoms with E-state index >= 15 is 0 Å². The Morgan fingerprint density at radius 2 is 1.71 bits per heavy atom. The van der Waals surface area contributed by atoms with E-state index in [1.165, 1.54) is 6.26 Å². The summed E-state index contributed by atoms with van der Waals surface area (Å²) in [6, 6.07) is 18.8. The highest BCUT2D eigenvalue weighted by Gasteiger charge is 2.35. The largest absolute Gasteiger partial charge is 0.467 e. The van der Waals surface area contributed by atoms with Gasteiger partial charge in [-0.3, -0.25) is 0 Å². The van der Waals surface area contributed by atoms with Crippen LogP contribution in [0.5, 0.6) is 0 Å². The normalized spacial score (nSPS) is 15.3. The lowest BCUT2D eigenvalue weighted by Crippen LogP contribution is -2.47. The summed E-state index contributed by atoms with van der Waals surface area (Å²) in [5.74, 6) is -0.855. The number of nitrogens with one attached hydrogen (secondary N) is 2. The van der Waals surface area contributed by atoms with Crippen molar-refractivity contribution in [2.24, 2.45) is 0 Å². The average molecular weight is 460 g/mol. The lowest BCUT2D eigenvalue weighted by atomic mass is 9.99. The molecule has 8 nitrogen and oxygen atoms in total. The number of urea groups is 1. The number of hydrogen-bond acceptors (Lipinski definition) is 6. The minimum absolute atomic E-state index is 0.113. The molecule has 1 atom stereocenters. The number of hydrogen-bond donors (Lipinski definition) is 2. The number of esters is 2. The molecule has 0 spiro atoms. The van der Waals surface area contributed by atoms with Crippen molar-refractivity contribution in [2.45, 2.75) is 19.4 Å². The van der Waals surface area contributed by atoms with Crippen LogP contribution in [0.4, 0.5) is 4.79 Å². The molecule has 0 aliphatic carbocycles. The molecule has 34 heavy (non-hydrogen) atoms. The molecule has 2 aromatic carbocycles. The van der Waals surface area contributed by atoms with Crippen LogP contribution in [0, 0.1) is 0 Å². The topological polar surface area (TPSA) is 107 Å². The molecule has 4 rings (SSSR count). The van der Waals surface area contributed by atoms with Gasteiger partial charge >= 0.3 is 18.0 Å². The van der Waals surface area contributed by atoms with Crippen molar-refractivity contribution in [3.05, 3.63) is 107 Å². The third-order valence-corrected chi connectivity index (χ3v) is 5.30. The highest BCUT2D eigenvalue weighted by atomic mass is 16.5. The van der Waals surface area contributed by atoms with Crippen molar-refractivity contribution < 1.29 is 28.3 Å². The molecule has 1 aliphatic rings. The summed E-state index contributed by atoms with van der Waals surface area (Å²) in [6.45, 7) is 1.50. The second-order valence-corrected chi connectivity index (χ2v) is 7.56. The highest BCUT2D eigenvalue weighted by Crippen LogP contribution is 2.28. The summed E-state index contributed by atoms with van der Waals surface area (Å²) in [4.78, 5) is 38.0. The van der Waals surface area contributed by atoms with Crippen molar-refractivity contribution in [3.63, 3.8) is 0 Å². The van der Waals surface area contributed by atoms with E-state index in [0.29, 0.717) is 17.7 Å². The standard InChI is InChI=1S/C26H24N2O6/c1-2-32-25(30)22-20(27-26(31)28-23(22)21-13-8-14-33-21)16-34-24(29)19-12-7-6-11-18(19)15-17-9-4-3-5-10-17/h3-14,23H,2,15-16H2,1H3,(H2,27,28,31). The van der Waals surface area contributed by atoms with Gasteiger partial charge < -0.3 is 24.5 Å². The number of amides is 2. The number of carbonyl (C=O) groups is 3. The van der Waals surface area contributed by atoms with E-state index < -0.39 is 24.0 Å². The van der Waals surface area contributed by atoms with Crippen LogP contribution in [0.3, 0.4) is 0 Å². The molecule has 1 aromatic heterocycles. The SMILES string of the molecule is CCOC(=O)C1=C(COC(=O)c2ccccc2Cc2ccccc2)NC(=O)NC1c1ccco1. The zero-order valence-corrected chi connectivity index (χ0v) is 18.6. The number of ether oxygens (including phenoxy) is 2. The van der Waals surface area contributed by atoms with Gasteiger partial charge in [-0.1, -0.05) is 48.5 Å². The van der Waals surface area contributed by atoms with E-state index in [0.717, 1.165) is 11.1 Å². The van der Waals surface area contributed by atoms with Crippen LogP contribution in [-0.2, 0) is 20.7 Å². The average Bonchev–Trinajstić information content (AvgIpc) is 3.38. The first-order valence-corrected chi connectivity index (χ1v) is 10.9. The molecule has 2 heterocycles. The van der Waals surface area contributed by atoms with Gasteiger partial charge in [0, 0.05) is 0 Å². The fourth-order valence-corrected chi connectivity index (χ4v) is 3.76. The van der Waals surface area contributed by atoms with Crippen LogP contribution in [0.15, 0.2) is 88.7 Å². The van der Waals surface area contributed by atoms with Crippen LogP contribution in [-0.4, -0.2) is 31.2 Å². The molecule has 0 fully saturated rings. The number of benzene rings is 2. The minimum atomic E-state index is -0.873. The molecule has 1 unspecified atom stereocenters. The molecule has 0 radical (unpaired) electrons. The van der Waals surface area contributed by atoms with Crippen molar-refractivity contribution in [3.8, 4) is 0 Å². The third kappa shape index (κ3) is 5.17. The van der Waals surface area contributed by atoms with Crippen LogP contribution in [0.1, 0.15) is 40.2 Å². The molecule has 8 heteroatoms. The smallest absolute Gasteiger partial charge is 0.338 e. The van der Waals surface area contributed by atoms with E-state index in [4.69, 9.17) is 13.9 Å². The Morgan fingerprint density at radius 1 is 0.941 bits per heavy atom. The van der Waals surface area contributed by atoms with E-state index in [1.54, 1.807) is 31.2 Å². The first-order valence-electron chi connectivity index (χ1n) is 10.9. The second kappa shape index (κ2) is 10.5. The van der Waals surface area contributed by atoms with Gasteiger partial charge in [-0.05, 0) is 42.7 Å². The van der Waals surface area contributed by atoms with Gasteiger partial charge in [-0.2, -0.15) is 0 Å². The van der Waals surface area contributed by atoms with Crippen LogP contribution in [0.25, 0.3) is 0 Å². The quantitative estimate of drug-likeness (QED) is 0.494. The summed E-state index contributed by atoms with van der Waals surface area (Å²) in [7, 11) is 0. The zero-order valence-electron chi connectivity index (χ0n) is 18.6. The van der Waals surface area contributed by atoms with Gasteiger partial charge in [0.1, 0.15) is 18.4 Å². The third-order valence-electron chi connectivity index (χ3n) is 5.30. The van der Waals surface area contributed by atoms with Gasteiger partial charge in [0.15, 0.2) is 0 Å². The van der Waals surface area contributed by atoms with Gasteiger partial charge in [-0.25, -0.2) is 14.4 Å². The molecule has 3 aromatic rings. The van der Waals surface area contributed by atoms with Crippen LogP contribution < -0.4 is 10.6 Å². The minimum Gasteiger partial charge on any atom is -0.467 e. The predicted molar refractivity (Wildman–Crippen MR) is 123 cm³/mol. The monoisotopic (exact) mass is 460 g/mol. The Morgan fingerprint density at radius 3 is 2.44 bits per heavy atom. The Kier molecular flexibility index (Phi) is 7.07. The molecular formula is C26H24N2O6. The maximum absolute atomic E-state index is 13.0. The molecule has 1 aliphatic heterocycles. The summed E-state index contributed by atoms with van der Waals surface area (Å²) < 4.78 is 16.1. The summed E-state index contributed by atoms with van der Waals surface area (Å²) in [5.41, 5.74) is 2.52.